The van der Waals surface area contributed by atoms with Gasteiger partial charge in [-0.3, -0.25) is 9.59 Å². The van der Waals surface area contributed by atoms with E-state index in [0.29, 0.717) is 11.8 Å². The molecule has 188 valence electrons. The molecule has 0 heterocycles. The van der Waals surface area contributed by atoms with Crippen LogP contribution in [0.3, 0.4) is 0 Å². The standard InChI is InChI=1S/C25H17Cl3F4N2O2/c1-34(17-5-2-14(29)3-6-17)24(36)18-11-16(4-7-19(18)26)33-23(35)21-20(25(21,27)28)12-8-13(22(31)32)10-15(30)9-12/h2-11,20-22H,1H3,(H,33,35). The summed E-state index contributed by atoms with van der Waals surface area (Å²) in [5, 5.41) is 2.70. The van der Waals surface area contributed by atoms with Crippen LogP contribution in [-0.4, -0.2) is 23.2 Å². The first-order valence-electron chi connectivity index (χ1n) is 10.5. The highest BCUT2D eigenvalue weighted by atomic mass is 35.5. The molecule has 1 aliphatic carbocycles. The van der Waals surface area contributed by atoms with Gasteiger partial charge in [0.1, 0.15) is 16.0 Å². The Morgan fingerprint density at radius 1 is 0.972 bits per heavy atom. The number of nitrogens with one attached hydrogen (secondary N) is 1. The van der Waals surface area contributed by atoms with E-state index in [1.54, 1.807) is 0 Å². The quantitative estimate of drug-likeness (QED) is 0.253. The van der Waals surface area contributed by atoms with Crippen LogP contribution in [0.1, 0.15) is 33.8 Å². The minimum absolute atomic E-state index is 0.0587. The van der Waals surface area contributed by atoms with E-state index in [2.05, 4.69) is 5.32 Å². The largest absolute Gasteiger partial charge is 0.326 e. The molecular weight excluding hydrogens is 543 g/mol. The zero-order valence-electron chi connectivity index (χ0n) is 18.4. The summed E-state index contributed by atoms with van der Waals surface area (Å²) in [6.45, 7) is 0. The Morgan fingerprint density at radius 3 is 2.28 bits per heavy atom. The van der Waals surface area contributed by atoms with Crippen LogP contribution in [-0.2, 0) is 4.79 Å². The molecule has 0 saturated heterocycles. The third-order valence-electron chi connectivity index (χ3n) is 5.87. The number of benzene rings is 3. The van der Waals surface area contributed by atoms with Gasteiger partial charge in [0.05, 0.1) is 16.5 Å². The van der Waals surface area contributed by atoms with Crippen molar-refractivity contribution < 1.29 is 27.2 Å². The number of rotatable bonds is 6. The van der Waals surface area contributed by atoms with Gasteiger partial charge in [0.15, 0.2) is 0 Å². The Morgan fingerprint density at radius 2 is 1.64 bits per heavy atom. The highest BCUT2D eigenvalue weighted by molar-refractivity contribution is 6.53. The first-order valence-corrected chi connectivity index (χ1v) is 11.6. The van der Waals surface area contributed by atoms with Gasteiger partial charge >= 0.3 is 0 Å². The SMILES string of the molecule is CN(C(=O)c1cc(NC(=O)C2C(c3cc(F)cc(C(F)F)c3)C2(Cl)Cl)ccc1Cl)c1ccc(F)cc1. The summed E-state index contributed by atoms with van der Waals surface area (Å²) in [4.78, 5) is 27.2. The maximum atomic E-state index is 13.9. The molecule has 2 unspecified atom stereocenters. The number of alkyl halides is 4. The van der Waals surface area contributed by atoms with E-state index in [4.69, 9.17) is 34.8 Å². The highest BCUT2D eigenvalue weighted by Crippen LogP contribution is 2.65. The fourth-order valence-electron chi connectivity index (χ4n) is 3.96. The van der Waals surface area contributed by atoms with Crippen LogP contribution in [0.2, 0.25) is 5.02 Å². The highest BCUT2D eigenvalue weighted by Gasteiger charge is 2.67. The molecule has 3 aromatic rings. The molecule has 1 fully saturated rings. The average molecular weight is 560 g/mol. The molecule has 1 aliphatic rings. The normalized spacial score (nSPS) is 18.1. The second-order valence-corrected chi connectivity index (χ2v) is 10.1. The van der Waals surface area contributed by atoms with Gasteiger partial charge in [0, 0.05) is 29.9 Å². The van der Waals surface area contributed by atoms with Gasteiger partial charge in [-0.05, 0) is 66.2 Å². The van der Waals surface area contributed by atoms with E-state index in [9.17, 15) is 27.2 Å². The van der Waals surface area contributed by atoms with E-state index in [1.165, 1.54) is 54.4 Å². The number of hydrogen-bond acceptors (Lipinski definition) is 2. The summed E-state index contributed by atoms with van der Waals surface area (Å²) in [6, 6.07) is 12.2. The molecule has 0 aliphatic heterocycles. The molecule has 0 spiro atoms. The molecule has 2 amide bonds. The second-order valence-electron chi connectivity index (χ2n) is 8.27. The van der Waals surface area contributed by atoms with E-state index in [0.717, 1.165) is 12.1 Å². The summed E-state index contributed by atoms with van der Waals surface area (Å²) in [7, 11) is 1.48. The third kappa shape index (κ3) is 5.16. The van der Waals surface area contributed by atoms with Crippen LogP contribution in [0.15, 0.2) is 60.7 Å². The molecule has 36 heavy (non-hydrogen) atoms. The van der Waals surface area contributed by atoms with Crippen molar-refractivity contribution in [3.63, 3.8) is 0 Å². The first-order chi connectivity index (χ1) is 16.9. The lowest BCUT2D eigenvalue weighted by atomic mass is 10.0. The topological polar surface area (TPSA) is 49.4 Å². The summed E-state index contributed by atoms with van der Waals surface area (Å²) >= 11 is 18.7. The van der Waals surface area contributed by atoms with Crippen molar-refractivity contribution in [3.05, 3.63) is 94.0 Å². The number of nitrogens with zero attached hydrogens (tertiary/aromatic N) is 1. The van der Waals surface area contributed by atoms with Crippen LogP contribution in [0.25, 0.3) is 0 Å². The predicted molar refractivity (Wildman–Crippen MR) is 131 cm³/mol. The summed E-state index contributed by atoms with van der Waals surface area (Å²) in [5.74, 6) is -4.52. The van der Waals surface area contributed by atoms with Gasteiger partial charge in [-0.15, -0.1) is 23.2 Å². The number of carbonyl (C=O) groups excluding carboxylic acids is 2. The van der Waals surface area contributed by atoms with Crippen molar-refractivity contribution in [1.82, 2.24) is 0 Å². The number of halogens is 7. The van der Waals surface area contributed by atoms with Crippen LogP contribution in [0, 0.1) is 17.6 Å². The fraction of sp³-hybridized carbons (Fsp3) is 0.200. The van der Waals surface area contributed by atoms with Gasteiger partial charge in [0.25, 0.3) is 12.3 Å². The smallest absolute Gasteiger partial charge is 0.263 e. The minimum Gasteiger partial charge on any atom is -0.326 e. The van der Waals surface area contributed by atoms with Crippen molar-refractivity contribution in [2.75, 3.05) is 17.3 Å². The fourth-order valence-corrected chi connectivity index (χ4v) is 4.99. The monoisotopic (exact) mass is 558 g/mol. The Balaban J connectivity index is 1.54. The molecule has 3 aromatic carbocycles. The Bertz CT molecular complexity index is 1340. The zero-order chi connectivity index (χ0) is 26.4. The number of amides is 2. The number of anilines is 2. The molecule has 4 nitrogen and oxygen atoms in total. The Labute approximate surface area is 218 Å². The molecular formula is C25H17Cl3F4N2O2. The summed E-state index contributed by atoms with van der Waals surface area (Å²) in [5.41, 5.74) is 0.195. The minimum atomic E-state index is -2.91. The number of carbonyl (C=O) groups is 2. The van der Waals surface area contributed by atoms with E-state index in [1.807, 2.05) is 0 Å². The van der Waals surface area contributed by atoms with E-state index < -0.39 is 51.6 Å². The molecule has 0 radical (unpaired) electrons. The first kappa shape index (κ1) is 26.3. The zero-order valence-corrected chi connectivity index (χ0v) is 20.7. The van der Waals surface area contributed by atoms with Crippen molar-refractivity contribution in [3.8, 4) is 0 Å². The third-order valence-corrected chi connectivity index (χ3v) is 7.14. The van der Waals surface area contributed by atoms with Crippen LogP contribution in [0.4, 0.5) is 28.9 Å². The Hall–Kier alpha value is -2.81. The van der Waals surface area contributed by atoms with Gasteiger partial charge in [-0.1, -0.05) is 11.6 Å². The lowest BCUT2D eigenvalue weighted by Crippen LogP contribution is -2.26. The van der Waals surface area contributed by atoms with Gasteiger partial charge in [-0.2, -0.15) is 0 Å². The van der Waals surface area contributed by atoms with Crippen LogP contribution < -0.4 is 10.2 Å². The van der Waals surface area contributed by atoms with Crippen molar-refractivity contribution in [1.29, 1.82) is 0 Å². The lowest BCUT2D eigenvalue weighted by molar-refractivity contribution is -0.117. The van der Waals surface area contributed by atoms with Crippen molar-refractivity contribution in [2.24, 2.45) is 5.92 Å². The predicted octanol–water partition coefficient (Wildman–Crippen LogP) is 7.36. The van der Waals surface area contributed by atoms with Crippen molar-refractivity contribution in [2.45, 2.75) is 16.7 Å². The molecule has 1 N–H and O–H groups in total. The van der Waals surface area contributed by atoms with Crippen molar-refractivity contribution >= 4 is 58.0 Å². The maximum Gasteiger partial charge on any atom is 0.263 e. The molecule has 2 atom stereocenters. The summed E-state index contributed by atoms with van der Waals surface area (Å²) < 4.78 is 51.6. The van der Waals surface area contributed by atoms with Gasteiger partial charge in [0.2, 0.25) is 5.91 Å². The lowest BCUT2D eigenvalue weighted by Gasteiger charge is -2.18. The molecule has 0 bridgehead atoms. The average Bonchev–Trinajstić information content (AvgIpc) is 3.41. The van der Waals surface area contributed by atoms with Crippen LogP contribution >= 0.6 is 34.8 Å². The number of hydrogen-bond donors (Lipinski definition) is 1. The van der Waals surface area contributed by atoms with Gasteiger partial charge in [-0.25, -0.2) is 17.6 Å². The molecule has 1 saturated carbocycles. The molecule has 11 heteroatoms. The summed E-state index contributed by atoms with van der Waals surface area (Å²) in [6.07, 6.45) is -2.91. The van der Waals surface area contributed by atoms with Gasteiger partial charge < -0.3 is 10.2 Å². The second kappa shape index (κ2) is 9.92. The van der Waals surface area contributed by atoms with E-state index >= 15 is 0 Å². The Kier molecular flexibility index (Phi) is 7.23. The maximum absolute atomic E-state index is 13.9. The van der Waals surface area contributed by atoms with Crippen LogP contribution in [0.5, 0.6) is 0 Å². The molecule has 0 aromatic heterocycles. The van der Waals surface area contributed by atoms with E-state index in [-0.39, 0.29) is 21.8 Å². The molecule has 4 rings (SSSR count).